The highest BCUT2D eigenvalue weighted by Gasteiger charge is 2.43. The van der Waals surface area contributed by atoms with Gasteiger partial charge in [-0.1, -0.05) is 92.9 Å². The van der Waals surface area contributed by atoms with Crippen molar-refractivity contribution in [1.29, 1.82) is 0 Å². The molecule has 0 bridgehead atoms. The Balaban J connectivity index is 0.000000750. The molecule has 6 saturated carbocycles. The molecule has 7 aliphatic rings. The number of ketones is 2. The van der Waals surface area contributed by atoms with E-state index < -0.39 is 16.1 Å². The van der Waals surface area contributed by atoms with Gasteiger partial charge in [0.15, 0.2) is 5.78 Å². The Kier molecular flexibility index (Phi) is 35.7. The van der Waals surface area contributed by atoms with Crippen molar-refractivity contribution in [2.45, 2.75) is 207 Å². The average Bonchev–Trinajstić information content (AvgIpc) is 4.16. The summed E-state index contributed by atoms with van der Waals surface area (Å²) in [7, 11) is 6.32. The van der Waals surface area contributed by atoms with Crippen LogP contribution in [0.3, 0.4) is 0 Å². The zero-order valence-corrected chi connectivity index (χ0v) is 48.4. The number of methoxy groups -OCH3 is 1. The minimum Gasteiger partial charge on any atom is -0.369 e. The number of Topliss-reactive ketones (excluding diaryl/α,β-unsaturated/α-hetero) is 1. The molecule has 0 heterocycles. The van der Waals surface area contributed by atoms with Crippen molar-refractivity contribution in [2.75, 3.05) is 73.9 Å². The van der Waals surface area contributed by atoms with Gasteiger partial charge in [-0.15, -0.1) is 0 Å². The van der Waals surface area contributed by atoms with E-state index in [9.17, 15) is 9.59 Å². The molecule has 13 heteroatoms. The summed E-state index contributed by atoms with van der Waals surface area (Å²) in [4.78, 5) is 26.2. The van der Waals surface area contributed by atoms with Crippen molar-refractivity contribution >= 4 is 27.7 Å². The minimum absolute atomic E-state index is 0.273. The second-order valence-corrected chi connectivity index (χ2v) is 33.8. The number of rotatable bonds is 12. The molecule has 6 fully saturated rings. The van der Waals surface area contributed by atoms with Crippen LogP contribution < -0.4 is 33.2 Å². The lowest BCUT2D eigenvalue weighted by Gasteiger charge is -2.26. The number of carbonyl (C=O) groups excluding carboxylic acids is 2. The highest BCUT2D eigenvalue weighted by Crippen LogP contribution is 2.44. The van der Waals surface area contributed by atoms with Crippen molar-refractivity contribution in [2.24, 2.45) is 52.7 Å². The van der Waals surface area contributed by atoms with E-state index in [2.05, 4.69) is 114 Å². The number of nitrogens with two attached hydrogens (primary N) is 3. The standard InChI is InChI=1S/2C9H18N2.C9H15NO.C8H21NOSi.C6H15N.C5H6O.C5H14Si.C2H7N/c2*1-11-7-4-6-2-3-9(10)8(6)5-7;1-10-7-4-6-2-3-9(11)8(6)5-7;1-6-9(7-10-2)8-11(3,4)5;1-4-7(5-2)6-3;6-5-3-1-2-4-5;1-5-6(2,3)4;1-2-3/h2*6-9,11H,2-5,10H2,1H3;6-8,10H,2-5H2,1H3;6-8H2,1-5H3;4-6H2,1-3H3;1,3H,2,4H2;5H2,1-4H3;2-3H2,1H3/t6-,7?,8+,9+;6-,7?,8+,9-;;;;;;/m00....../s1. The molecule has 66 heavy (non-hydrogen) atoms. The first-order chi connectivity index (χ1) is 31.1. The molecule has 7 rings (SSSR count). The van der Waals surface area contributed by atoms with Crippen LogP contribution in [0.4, 0.5) is 0 Å². The van der Waals surface area contributed by atoms with Crippen molar-refractivity contribution < 1.29 is 14.3 Å². The van der Waals surface area contributed by atoms with Crippen LogP contribution in [0.2, 0.25) is 45.3 Å². The normalized spacial score (nSPS) is 30.0. The van der Waals surface area contributed by atoms with E-state index >= 15 is 0 Å². The molecular weight excluding hydrogens is 853 g/mol. The van der Waals surface area contributed by atoms with E-state index in [0.717, 1.165) is 93.6 Å². The topological polar surface area (TPSA) is 164 Å². The highest BCUT2D eigenvalue weighted by molar-refractivity contribution is 6.76. The maximum Gasteiger partial charge on any atom is 0.155 e. The predicted octanol–water partition coefficient (Wildman–Crippen LogP) is 8.76. The van der Waals surface area contributed by atoms with Gasteiger partial charge in [0, 0.05) is 64.2 Å². The Morgan fingerprint density at radius 2 is 1.05 bits per heavy atom. The molecule has 11 nitrogen and oxygen atoms in total. The minimum atomic E-state index is -0.933. The fourth-order valence-electron chi connectivity index (χ4n) is 10.6. The highest BCUT2D eigenvalue weighted by atomic mass is 28.3. The Hall–Kier alpha value is -0.846. The molecule has 0 aliphatic heterocycles. The summed E-state index contributed by atoms with van der Waals surface area (Å²) in [6.07, 6.45) is 21.5. The van der Waals surface area contributed by atoms with Crippen LogP contribution in [-0.2, 0) is 14.3 Å². The van der Waals surface area contributed by atoms with Crippen LogP contribution in [0.1, 0.15) is 131 Å². The third-order valence-electron chi connectivity index (χ3n) is 15.2. The summed E-state index contributed by atoms with van der Waals surface area (Å²) < 4.78 is 5.09. The average molecular weight is 968 g/mol. The molecule has 11 atom stereocenters. The van der Waals surface area contributed by atoms with Gasteiger partial charge in [0.05, 0.1) is 14.8 Å². The number of nitrogens with zero attached hydrogens (tertiary/aromatic N) is 2. The van der Waals surface area contributed by atoms with E-state index in [-0.39, 0.29) is 5.78 Å². The Labute approximate surface area is 411 Å². The number of allylic oxidation sites excluding steroid dienone is 2. The van der Waals surface area contributed by atoms with Crippen LogP contribution in [0.15, 0.2) is 12.2 Å². The van der Waals surface area contributed by atoms with Crippen molar-refractivity contribution in [3.63, 3.8) is 0 Å². The molecule has 0 spiro atoms. The molecule has 0 amide bonds. The second-order valence-electron chi connectivity index (χ2n) is 22.5. The first-order valence-electron chi connectivity index (χ1n) is 27.0. The lowest BCUT2D eigenvalue weighted by atomic mass is 9.98. The lowest BCUT2D eigenvalue weighted by Crippen LogP contribution is -2.40. The van der Waals surface area contributed by atoms with E-state index in [1.54, 1.807) is 13.2 Å². The van der Waals surface area contributed by atoms with Crippen molar-refractivity contribution in [3.05, 3.63) is 12.2 Å². The van der Waals surface area contributed by atoms with Gasteiger partial charge in [0.25, 0.3) is 0 Å². The maximum absolute atomic E-state index is 11.3. The van der Waals surface area contributed by atoms with Crippen LogP contribution in [0, 0.1) is 35.5 Å². The van der Waals surface area contributed by atoms with Gasteiger partial charge in [0.2, 0.25) is 0 Å². The van der Waals surface area contributed by atoms with E-state index in [1.807, 2.05) is 20.0 Å². The number of nitrogens with one attached hydrogen (secondary N) is 3. The molecule has 0 radical (unpaired) electrons. The maximum atomic E-state index is 11.3. The number of carbonyl (C=O) groups is 2. The SMILES string of the molecule is CCN.CCN(CC)CC.CCN(COC)C[Si](C)(C)C.CC[Si](C)(C)C.CNC1CC2CCC(=O)C2C1.CNC1C[C@@H]2CC[C@@H](N)[C@@H]2C1.CNC1C[C@@H]2CC[C@H](N)[C@@H]2C1.O=C1C=CCC1. The Bertz CT molecular complexity index is 1220. The number of hydrogen-bond acceptors (Lipinski definition) is 11. The summed E-state index contributed by atoms with van der Waals surface area (Å²) in [5.74, 6) is 5.51. The molecule has 0 aromatic rings. The second kappa shape index (κ2) is 36.1. The molecule has 5 unspecified atom stereocenters. The quantitative estimate of drug-likeness (QED) is 0.0819. The Morgan fingerprint density at radius 1 is 0.621 bits per heavy atom. The largest absolute Gasteiger partial charge is 0.369 e. The summed E-state index contributed by atoms with van der Waals surface area (Å²) in [5.41, 5.74) is 16.9. The third-order valence-corrected chi connectivity index (χ3v) is 18.7. The third kappa shape index (κ3) is 27.5. The van der Waals surface area contributed by atoms with Crippen LogP contribution in [0.25, 0.3) is 0 Å². The summed E-state index contributed by atoms with van der Waals surface area (Å²) in [5, 5.41) is 9.98. The van der Waals surface area contributed by atoms with Gasteiger partial charge >= 0.3 is 0 Å². The number of hydrogen-bond donors (Lipinski definition) is 6. The number of fused-ring (bicyclic) bond motifs is 3. The van der Waals surface area contributed by atoms with Gasteiger partial charge in [0.1, 0.15) is 5.78 Å². The molecular formula is C53H114N8O3Si2. The van der Waals surface area contributed by atoms with Crippen molar-refractivity contribution in [3.8, 4) is 0 Å². The molecule has 392 valence electrons. The summed E-state index contributed by atoms with van der Waals surface area (Å²) >= 11 is 0. The van der Waals surface area contributed by atoms with Gasteiger partial charge in [-0.2, -0.15) is 0 Å². The zero-order chi connectivity index (χ0) is 50.5. The van der Waals surface area contributed by atoms with Crippen LogP contribution >= 0.6 is 0 Å². The summed E-state index contributed by atoms with van der Waals surface area (Å²) in [6, 6.07) is 4.58. The van der Waals surface area contributed by atoms with Crippen LogP contribution in [-0.4, -0.2) is 142 Å². The lowest BCUT2D eigenvalue weighted by molar-refractivity contribution is -0.121. The number of ether oxygens (including phenoxy) is 1. The first-order valence-corrected chi connectivity index (χ1v) is 34.4. The van der Waals surface area contributed by atoms with Gasteiger partial charge in [-0.25, -0.2) is 0 Å². The molecule has 7 aliphatic carbocycles. The van der Waals surface area contributed by atoms with E-state index in [4.69, 9.17) is 21.9 Å². The molecule has 0 saturated heterocycles. The van der Waals surface area contributed by atoms with Gasteiger partial charge in [-0.3, -0.25) is 14.5 Å². The predicted molar refractivity (Wildman–Crippen MR) is 294 cm³/mol. The van der Waals surface area contributed by atoms with E-state index in [0.29, 0.717) is 29.8 Å². The monoisotopic (exact) mass is 967 g/mol. The first kappa shape index (κ1) is 65.2. The Morgan fingerprint density at radius 3 is 1.32 bits per heavy atom. The van der Waals surface area contributed by atoms with Crippen molar-refractivity contribution in [1.82, 2.24) is 25.8 Å². The molecule has 9 N–H and O–H groups in total. The molecule has 0 aromatic carbocycles. The molecule has 0 aromatic heterocycles. The van der Waals surface area contributed by atoms with Crippen LogP contribution in [0.5, 0.6) is 0 Å². The summed E-state index contributed by atoms with van der Waals surface area (Å²) in [6.45, 7) is 33.4. The fourth-order valence-corrected chi connectivity index (χ4v) is 12.3. The van der Waals surface area contributed by atoms with Gasteiger partial charge in [-0.05, 0) is 173 Å². The van der Waals surface area contributed by atoms with E-state index in [1.165, 1.54) is 89.6 Å². The van der Waals surface area contributed by atoms with Gasteiger partial charge < -0.3 is 42.8 Å². The smallest absolute Gasteiger partial charge is 0.155 e. The fraction of sp³-hybridized carbons (Fsp3) is 0.925. The zero-order valence-electron chi connectivity index (χ0n) is 46.4.